The molecule has 4 nitrogen and oxygen atoms in total. The van der Waals surface area contributed by atoms with Crippen molar-refractivity contribution < 1.29 is 9.53 Å². The third-order valence-electron chi connectivity index (χ3n) is 2.79. The third-order valence-corrected chi connectivity index (χ3v) is 2.79. The van der Waals surface area contributed by atoms with E-state index in [0.29, 0.717) is 12.3 Å². The molecule has 4 heteroatoms. The molecule has 1 amide bonds. The van der Waals surface area contributed by atoms with E-state index in [2.05, 4.69) is 17.6 Å². The lowest BCUT2D eigenvalue weighted by Crippen LogP contribution is -2.32. The monoisotopic (exact) mass is 228 g/mol. The zero-order valence-electron chi connectivity index (χ0n) is 10.3. The van der Waals surface area contributed by atoms with E-state index in [4.69, 9.17) is 4.74 Å². The number of nitrogens with one attached hydrogen (secondary N) is 2. The lowest BCUT2D eigenvalue weighted by atomic mass is 10.0. The molecule has 94 valence electrons. The molecule has 1 unspecified atom stereocenters. The van der Waals surface area contributed by atoms with E-state index in [9.17, 15) is 4.79 Å². The normalized spacial score (nSPS) is 20.7. The molecular formula is C12H24N2O2. The summed E-state index contributed by atoms with van der Waals surface area (Å²) in [5.41, 5.74) is 0. The van der Waals surface area contributed by atoms with E-state index in [0.717, 1.165) is 39.3 Å². The van der Waals surface area contributed by atoms with Crippen LogP contribution in [0.25, 0.3) is 0 Å². The quantitative estimate of drug-likeness (QED) is 0.637. The van der Waals surface area contributed by atoms with E-state index < -0.39 is 0 Å². The SMILES string of the molecule is CCCNC(=O)CCNCC1CCCOC1. The second kappa shape index (κ2) is 8.53. The standard InChI is InChI=1S/C12H24N2O2/c1-2-6-14-12(15)5-7-13-9-11-4-3-8-16-10-11/h11,13H,2-10H2,1H3,(H,14,15). The smallest absolute Gasteiger partial charge is 0.221 e. The van der Waals surface area contributed by atoms with Crippen LogP contribution in [0.3, 0.4) is 0 Å². The number of ether oxygens (including phenoxy) is 1. The maximum Gasteiger partial charge on any atom is 0.221 e. The second-order valence-electron chi connectivity index (χ2n) is 4.39. The van der Waals surface area contributed by atoms with Crippen molar-refractivity contribution in [3.63, 3.8) is 0 Å². The van der Waals surface area contributed by atoms with Gasteiger partial charge in [-0.15, -0.1) is 0 Å². The summed E-state index contributed by atoms with van der Waals surface area (Å²) in [5, 5.41) is 6.19. The molecule has 1 saturated heterocycles. The molecule has 1 rings (SSSR count). The largest absolute Gasteiger partial charge is 0.381 e. The van der Waals surface area contributed by atoms with Crippen LogP contribution in [0.5, 0.6) is 0 Å². The first kappa shape index (κ1) is 13.5. The van der Waals surface area contributed by atoms with Gasteiger partial charge in [0.15, 0.2) is 0 Å². The van der Waals surface area contributed by atoms with E-state index in [-0.39, 0.29) is 5.91 Å². The maximum absolute atomic E-state index is 11.3. The minimum absolute atomic E-state index is 0.147. The molecule has 0 aliphatic carbocycles. The first-order valence-corrected chi connectivity index (χ1v) is 6.38. The molecule has 0 aromatic carbocycles. The van der Waals surface area contributed by atoms with Gasteiger partial charge in [-0.3, -0.25) is 4.79 Å². The Labute approximate surface area is 98.1 Å². The predicted octanol–water partition coefficient (Wildman–Crippen LogP) is 0.919. The summed E-state index contributed by atoms with van der Waals surface area (Å²) in [6, 6.07) is 0. The van der Waals surface area contributed by atoms with Gasteiger partial charge in [0.2, 0.25) is 5.91 Å². The average Bonchev–Trinajstić information content (AvgIpc) is 2.33. The van der Waals surface area contributed by atoms with Crippen molar-refractivity contribution in [3.05, 3.63) is 0 Å². The number of hydrogen-bond donors (Lipinski definition) is 2. The molecule has 0 aromatic rings. The Morgan fingerprint density at radius 1 is 1.44 bits per heavy atom. The number of amides is 1. The van der Waals surface area contributed by atoms with Crippen LogP contribution in [-0.4, -0.2) is 38.8 Å². The van der Waals surface area contributed by atoms with Crippen LogP contribution in [0, 0.1) is 5.92 Å². The van der Waals surface area contributed by atoms with Gasteiger partial charge in [-0.2, -0.15) is 0 Å². The van der Waals surface area contributed by atoms with Crippen LogP contribution in [0.1, 0.15) is 32.6 Å². The van der Waals surface area contributed by atoms with Crippen LogP contribution < -0.4 is 10.6 Å². The number of carbonyl (C=O) groups excluding carboxylic acids is 1. The summed E-state index contributed by atoms with van der Waals surface area (Å²) in [6.07, 6.45) is 3.99. The Morgan fingerprint density at radius 2 is 2.31 bits per heavy atom. The van der Waals surface area contributed by atoms with Crippen molar-refractivity contribution in [2.24, 2.45) is 5.92 Å². The van der Waals surface area contributed by atoms with Gasteiger partial charge in [-0.1, -0.05) is 6.92 Å². The molecule has 1 atom stereocenters. The summed E-state index contributed by atoms with van der Waals surface area (Å²) in [4.78, 5) is 11.3. The Hall–Kier alpha value is -0.610. The lowest BCUT2D eigenvalue weighted by molar-refractivity contribution is -0.121. The summed E-state index contributed by atoms with van der Waals surface area (Å²) in [7, 11) is 0. The highest BCUT2D eigenvalue weighted by molar-refractivity contribution is 5.75. The Morgan fingerprint density at radius 3 is 3.00 bits per heavy atom. The zero-order chi connectivity index (χ0) is 11.6. The van der Waals surface area contributed by atoms with E-state index in [1.54, 1.807) is 0 Å². The first-order valence-electron chi connectivity index (χ1n) is 6.38. The fourth-order valence-corrected chi connectivity index (χ4v) is 1.83. The first-order chi connectivity index (χ1) is 7.83. The topological polar surface area (TPSA) is 50.4 Å². The van der Waals surface area contributed by atoms with Gasteiger partial charge in [0.1, 0.15) is 0 Å². The van der Waals surface area contributed by atoms with Crippen molar-refractivity contribution in [1.29, 1.82) is 0 Å². The predicted molar refractivity (Wildman–Crippen MR) is 64.3 cm³/mol. The van der Waals surface area contributed by atoms with Crippen molar-refractivity contribution in [1.82, 2.24) is 10.6 Å². The molecule has 0 saturated carbocycles. The maximum atomic E-state index is 11.3. The highest BCUT2D eigenvalue weighted by Gasteiger charge is 2.12. The molecular weight excluding hydrogens is 204 g/mol. The fraction of sp³-hybridized carbons (Fsp3) is 0.917. The molecule has 1 fully saturated rings. The highest BCUT2D eigenvalue weighted by Crippen LogP contribution is 2.11. The molecule has 2 N–H and O–H groups in total. The van der Waals surface area contributed by atoms with Crippen LogP contribution in [0.4, 0.5) is 0 Å². The van der Waals surface area contributed by atoms with Crippen LogP contribution in [0.2, 0.25) is 0 Å². The van der Waals surface area contributed by atoms with E-state index >= 15 is 0 Å². The summed E-state index contributed by atoms with van der Waals surface area (Å²) < 4.78 is 5.39. The Balaban J connectivity index is 1.92. The van der Waals surface area contributed by atoms with Gasteiger partial charge in [0.25, 0.3) is 0 Å². The Bertz CT molecular complexity index is 191. The molecule has 1 heterocycles. The van der Waals surface area contributed by atoms with Crippen molar-refractivity contribution in [2.75, 3.05) is 32.8 Å². The van der Waals surface area contributed by atoms with Crippen molar-refractivity contribution in [2.45, 2.75) is 32.6 Å². The van der Waals surface area contributed by atoms with E-state index in [1.165, 1.54) is 12.8 Å². The van der Waals surface area contributed by atoms with Gasteiger partial charge in [0.05, 0.1) is 6.61 Å². The van der Waals surface area contributed by atoms with Crippen LogP contribution >= 0.6 is 0 Å². The number of rotatable bonds is 7. The summed E-state index contributed by atoms with van der Waals surface area (Å²) in [5.74, 6) is 0.779. The highest BCUT2D eigenvalue weighted by atomic mass is 16.5. The molecule has 0 spiro atoms. The van der Waals surface area contributed by atoms with Gasteiger partial charge in [-0.05, 0) is 25.2 Å². The third kappa shape index (κ3) is 6.08. The van der Waals surface area contributed by atoms with Crippen LogP contribution in [0.15, 0.2) is 0 Å². The molecule has 0 bridgehead atoms. The molecule has 1 aliphatic rings. The molecule has 0 radical (unpaired) electrons. The average molecular weight is 228 g/mol. The number of carbonyl (C=O) groups is 1. The second-order valence-corrected chi connectivity index (χ2v) is 4.39. The van der Waals surface area contributed by atoms with Gasteiger partial charge in [-0.25, -0.2) is 0 Å². The summed E-state index contributed by atoms with van der Waals surface area (Å²) in [6.45, 7) is 6.37. The minimum Gasteiger partial charge on any atom is -0.381 e. The summed E-state index contributed by atoms with van der Waals surface area (Å²) >= 11 is 0. The van der Waals surface area contributed by atoms with Gasteiger partial charge < -0.3 is 15.4 Å². The van der Waals surface area contributed by atoms with Crippen LogP contribution in [-0.2, 0) is 9.53 Å². The zero-order valence-corrected chi connectivity index (χ0v) is 10.3. The molecule has 1 aliphatic heterocycles. The molecule has 16 heavy (non-hydrogen) atoms. The Kier molecular flexibility index (Phi) is 7.17. The van der Waals surface area contributed by atoms with Crippen molar-refractivity contribution in [3.8, 4) is 0 Å². The minimum atomic E-state index is 0.147. The number of hydrogen-bond acceptors (Lipinski definition) is 3. The van der Waals surface area contributed by atoms with Gasteiger partial charge in [0, 0.05) is 32.7 Å². The van der Waals surface area contributed by atoms with E-state index in [1.807, 2.05) is 0 Å². The lowest BCUT2D eigenvalue weighted by Gasteiger charge is -2.22. The molecule has 0 aromatic heterocycles. The van der Waals surface area contributed by atoms with Crippen molar-refractivity contribution >= 4 is 5.91 Å². The fourth-order valence-electron chi connectivity index (χ4n) is 1.83. The van der Waals surface area contributed by atoms with Gasteiger partial charge >= 0.3 is 0 Å².